The molecule has 0 saturated carbocycles. The number of unbranched alkanes of at least 4 members (excludes halogenated alkanes) is 33. The van der Waals surface area contributed by atoms with Crippen LogP contribution >= 0.6 is 0 Å². The van der Waals surface area contributed by atoms with E-state index >= 15 is 0 Å². The molecule has 1 atom stereocenters. The summed E-state index contributed by atoms with van der Waals surface area (Å²) >= 11 is 0. The van der Waals surface area contributed by atoms with Crippen molar-refractivity contribution in [1.29, 1.82) is 0 Å². The van der Waals surface area contributed by atoms with Crippen molar-refractivity contribution in [2.75, 3.05) is 13.2 Å². The van der Waals surface area contributed by atoms with Crippen LogP contribution < -0.4 is 0 Å². The first-order chi connectivity index (χ1) is 31.0. The molecule has 0 aromatic heterocycles. The fourth-order valence-electron chi connectivity index (χ4n) is 7.90. The Morgan fingerprint density at radius 3 is 0.810 bits per heavy atom. The van der Waals surface area contributed by atoms with Gasteiger partial charge in [0.05, 0.1) is 0 Å². The minimum Gasteiger partial charge on any atom is -0.462 e. The smallest absolute Gasteiger partial charge is 0.306 e. The molecule has 0 N–H and O–H groups in total. The maximum atomic E-state index is 12.8. The van der Waals surface area contributed by atoms with Gasteiger partial charge in [0.2, 0.25) is 0 Å². The van der Waals surface area contributed by atoms with E-state index in [9.17, 15) is 14.4 Å². The van der Waals surface area contributed by atoms with Crippen LogP contribution in [-0.2, 0) is 28.6 Å². The molecule has 0 spiro atoms. The first-order valence-corrected chi connectivity index (χ1v) is 27.5. The fraction of sp³-hybridized carbons (Fsp3) is 0.842. The Labute approximate surface area is 391 Å². The summed E-state index contributed by atoms with van der Waals surface area (Å²) in [5.41, 5.74) is 0. The molecule has 0 unspecified atom stereocenters. The molecule has 0 rings (SSSR count). The van der Waals surface area contributed by atoms with E-state index in [1.807, 2.05) is 0 Å². The lowest BCUT2D eigenvalue weighted by atomic mass is 10.1. The summed E-state index contributed by atoms with van der Waals surface area (Å²) in [6.45, 7) is 6.62. The van der Waals surface area contributed by atoms with Crippen LogP contribution in [0.1, 0.15) is 290 Å². The zero-order chi connectivity index (χ0) is 45.8. The summed E-state index contributed by atoms with van der Waals surface area (Å²) in [5, 5.41) is 0. The van der Waals surface area contributed by atoms with Gasteiger partial charge in [-0.05, 0) is 96.3 Å². The van der Waals surface area contributed by atoms with Gasteiger partial charge in [0.1, 0.15) is 13.2 Å². The lowest BCUT2D eigenvalue weighted by Gasteiger charge is -2.18. The molecule has 0 aliphatic carbocycles. The monoisotopic (exact) mass is 885 g/mol. The van der Waals surface area contributed by atoms with Crippen molar-refractivity contribution in [3.05, 3.63) is 36.5 Å². The minimum atomic E-state index is -0.779. The molecule has 63 heavy (non-hydrogen) atoms. The third-order valence-corrected chi connectivity index (χ3v) is 12.1. The lowest BCUT2D eigenvalue weighted by Crippen LogP contribution is -2.30. The normalized spacial score (nSPS) is 12.2. The lowest BCUT2D eigenvalue weighted by molar-refractivity contribution is -0.167. The molecule has 0 aromatic rings. The van der Waals surface area contributed by atoms with Gasteiger partial charge in [-0.15, -0.1) is 0 Å². The van der Waals surface area contributed by atoms with Crippen LogP contribution in [0.3, 0.4) is 0 Å². The zero-order valence-corrected chi connectivity index (χ0v) is 42.1. The Morgan fingerprint density at radius 2 is 0.524 bits per heavy atom. The van der Waals surface area contributed by atoms with Crippen LogP contribution in [-0.4, -0.2) is 37.2 Å². The van der Waals surface area contributed by atoms with Gasteiger partial charge in [0.15, 0.2) is 6.10 Å². The Kier molecular flexibility index (Phi) is 50.3. The topological polar surface area (TPSA) is 78.9 Å². The van der Waals surface area contributed by atoms with E-state index in [1.54, 1.807) is 0 Å². The van der Waals surface area contributed by atoms with Gasteiger partial charge in [-0.25, -0.2) is 0 Å². The molecule has 6 heteroatoms. The first-order valence-electron chi connectivity index (χ1n) is 27.5. The molecular weight excluding hydrogens is 781 g/mol. The number of hydrogen-bond donors (Lipinski definition) is 0. The summed E-state index contributed by atoms with van der Waals surface area (Å²) < 4.78 is 16.8. The molecule has 368 valence electrons. The summed E-state index contributed by atoms with van der Waals surface area (Å²) in [4.78, 5) is 38.0. The van der Waals surface area contributed by atoms with Crippen LogP contribution in [0.15, 0.2) is 36.5 Å². The second-order valence-corrected chi connectivity index (χ2v) is 18.5. The van der Waals surface area contributed by atoms with E-state index in [2.05, 4.69) is 57.2 Å². The molecule has 0 aliphatic heterocycles. The predicted molar refractivity (Wildman–Crippen MR) is 270 cm³/mol. The van der Waals surface area contributed by atoms with Gasteiger partial charge in [0, 0.05) is 19.3 Å². The second-order valence-electron chi connectivity index (χ2n) is 18.5. The number of esters is 3. The van der Waals surface area contributed by atoms with E-state index in [0.717, 1.165) is 70.6 Å². The molecule has 0 heterocycles. The average molecular weight is 885 g/mol. The fourth-order valence-corrected chi connectivity index (χ4v) is 7.90. The number of allylic oxidation sites excluding steroid dienone is 6. The van der Waals surface area contributed by atoms with Crippen molar-refractivity contribution < 1.29 is 28.6 Å². The number of carbonyl (C=O) groups is 3. The SMILES string of the molecule is CCCCCC/C=C\CCCCCCCC(=O)OC[C@@H](COC(=O)CCCCCCCCC/C=C\CCCCCCCC)OC(=O)CCCCCCC/C=C\CCCCCCCC. The Morgan fingerprint density at radius 1 is 0.302 bits per heavy atom. The third-order valence-electron chi connectivity index (χ3n) is 12.1. The predicted octanol–water partition coefficient (Wildman–Crippen LogP) is 18.1. The van der Waals surface area contributed by atoms with Gasteiger partial charge >= 0.3 is 17.9 Å². The highest BCUT2D eigenvalue weighted by Crippen LogP contribution is 2.15. The number of rotatable bonds is 50. The number of ether oxygens (including phenoxy) is 3. The van der Waals surface area contributed by atoms with Crippen molar-refractivity contribution in [2.45, 2.75) is 297 Å². The van der Waals surface area contributed by atoms with Crippen molar-refractivity contribution in [2.24, 2.45) is 0 Å². The van der Waals surface area contributed by atoms with Crippen LogP contribution in [0.2, 0.25) is 0 Å². The van der Waals surface area contributed by atoms with Crippen molar-refractivity contribution in [1.82, 2.24) is 0 Å². The Bertz CT molecular complexity index is 1060. The van der Waals surface area contributed by atoms with Gasteiger partial charge in [-0.3, -0.25) is 14.4 Å². The first kappa shape index (κ1) is 60.6. The van der Waals surface area contributed by atoms with E-state index < -0.39 is 6.10 Å². The van der Waals surface area contributed by atoms with Gasteiger partial charge in [-0.1, -0.05) is 211 Å². The van der Waals surface area contributed by atoms with Gasteiger partial charge in [0.25, 0.3) is 0 Å². The van der Waals surface area contributed by atoms with E-state index in [1.165, 1.54) is 180 Å². The van der Waals surface area contributed by atoms with Crippen LogP contribution in [0.4, 0.5) is 0 Å². The van der Waals surface area contributed by atoms with E-state index in [0.29, 0.717) is 19.3 Å². The van der Waals surface area contributed by atoms with Gasteiger partial charge < -0.3 is 14.2 Å². The molecule has 0 aliphatic rings. The molecule has 0 saturated heterocycles. The average Bonchev–Trinajstić information content (AvgIpc) is 3.28. The standard InChI is InChI=1S/C57H104O6/c1-4-7-10-13-16-19-22-25-27-28-30-32-35-38-41-44-47-50-56(59)62-53-54(52-61-55(58)49-46-43-40-37-34-31-24-21-18-15-12-9-6-3)63-57(60)51-48-45-42-39-36-33-29-26-23-20-17-14-11-8-5-2/h21,24-27,29,54H,4-20,22-23,28,30-53H2,1-3H3/b24-21-,27-25-,29-26-/t54-/m0/s1. The summed E-state index contributed by atoms with van der Waals surface area (Å²) in [6.07, 6.45) is 61.2. The van der Waals surface area contributed by atoms with Crippen LogP contribution in [0.5, 0.6) is 0 Å². The molecule has 0 fully saturated rings. The highest BCUT2D eigenvalue weighted by molar-refractivity contribution is 5.71. The van der Waals surface area contributed by atoms with Crippen molar-refractivity contribution in [3.8, 4) is 0 Å². The number of hydrogen-bond acceptors (Lipinski definition) is 6. The molecule has 0 amide bonds. The second kappa shape index (κ2) is 52.3. The van der Waals surface area contributed by atoms with Crippen LogP contribution in [0.25, 0.3) is 0 Å². The molecule has 6 nitrogen and oxygen atoms in total. The summed E-state index contributed by atoms with van der Waals surface area (Å²) in [7, 11) is 0. The summed E-state index contributed by atoms with van der Waals surface area (Å²) in [5.74, 6) is -0.888. The van der Waals surface area contributed by atoms with Crippen molar-refractivity contribution >= 4 is 17.9 Å². The Balaban J connectivity index is 4.37. The molecular formula is C57H104O6. The van der Waals surface area contributed by atoms with Crippen LogP contribution in [0, 0.1) is 0 Å². The van der Waals surface area contributed by atoms with E-state index in [-0.39, 0.29) is 31.1 Å². The van der Waals surface area contributed by atoms with Crippen molar-refractivity contribution in [3.63, 3.8) is 0 Å². The largest absolute Gasteiger partial charge is 0.462 e. The Hall–Kier alpha value is -2.37. The van der Waals surface area contributed by atoms with E-state index in [4.69, 9.17) is 14.2 Å². The highest BCUT2D eigenvalue weighted by atomic mass is 16.6. The minimum absolute atomic E-state index is 0.0786. The maximum Gasteiger partial charge on any atom is 0.306 e. The zero-order valence-electron chi connectivity index (χ0n) is 42.1. The quantitative estimate of drug-likeness (QED) is 0.0262. The highest BCUT2D eigenvalue weighted by Gasteiger charge is 2.19. The van der Waals surface area contributed by atoms with Gasteiger partial charge in [-0.2, -0.15) is 0 Å². The molecule has 0 bridgehead atoms. The maximum absolute atomic E-state index is 12.8. The number of carbonyl (C=O) groups excluding carboxylic acids is 3. The molecule has 0 radical (unpaired) electrons. The molecule has 0 aromatic carbocycles. The third kappa shape index (κ3) is 50.5. The summed E-state index contributed by atoms with van der Waals surface area (Å²) in [6, 6.07) is 0.